The van der Waals surface area contributed by atoms with Gasteiger partial charge in [0.2, 0.25) is 0 Å². The number of carboxylic acids is 1. The predicted molar refractivity (Wildman–Crippen MR) is 123 cm³/mol. The second-order valence-electron chi connectivity index (χ2n) is 5.94. The molecule has 1 amide bonds. The third-order valence-corrected chi connectivity index (χ3v) is 4.58. The van der Waals surface area contributed by atoms with E-state index in [1.165, 1.54) is 13.3 Å². The van der Waals surface area contributed by atoms with Crippen molar-refractivity contribution in [2.24, 2.45) is 5.10 Å². The lowest BCUT2D eigenvalue weighted by Gasteiger charge is -2.13. The summed E-state index contributed by atoms with van der Waals surface area (Å²) in [5, 5.41) is 12.8. The number of carboxylic acid groups (broad SMARTS) is 1. The van der Waals surface area contributed by atoms with Gasteiger partial charge in [-0.05, 0) is 72.3 Å². The second kappa shape index (κ2) is 12.0. The van der Waals surface area contributed by atoms with E-state index in [4.69, 9.17) is 24.1 Å². The molecule has 0 aliphatic carbocycles. The number of nitrogens with one attached hydrogen (secondary N) is 1. The number of methoxy groups -OCH3 is 1. The molecule has 0 aromatic heterocycles. The van der Waals surface area contributed by atoms with Crippen LogP contribution in [0.25, 0.3) is 0 Å². The van der Waals surface area contributed by atoms with Crippen molar-refractivity contribution in [3.63, 3.8) is 0 Å². The number of carbonyl (C=O) groups excluding carboxylic acids is 1. The Hall–Kier alpha value is -3.02. The van der Waals surface area contributed by atoms with E-state index in [0.717, 1.165) is 0 Å². The molecule has 0 bridgehead atoms. The summed E-state index contributed by atoms with van der Waals surface area (Å²) in [7, 11) is 1.53. The summed E-state index contributed by atoms with van der Waals surface area (Å²) in [6, 6.07) is 8.22. The standard InChI is InChI=1S/C21H23IN2O7/c1-4-29-17-10-14(6-7-16(17)28-3)21(27)24-23-11-13-8-15(22)20(31-12-19(25)26)18(9-13)30-5-2/h6-11H,4-5,12H2,1-3H3,(H,24,27)(H,25,26)/b23-11+. The summed E-state index contributed by atoms with van der Waals surface area (Å²) in [5.74, 6) is 0.228. The first-order valence-electron chi connectivity index (χ1n) is 9.34. The Balaban J connectivity index is 2.15. The minimum absolute atomic E-state index is 0.340. The van der Waals surface area contributed by atoms with Gasteiger partial charge in [-0.2, -0.15) is 5.10 Å². The molecule has 2 N–H and O–H groups in total. The summed E-state index contributed by atoms with van der Waals surface area (Å²) in [6.07, 6.45) is 1.45. The molecule has 0 aliphatic heterocycles. The van der Waals surface area contributed by atoms with Crippen LogP contribution in [0.15, 0.2) is 35.4 Å². The highest BCUT2D eigenvalue weighted by Gasteiger charge is 2.14. The van der Waals surface area contributed by atoms with E-state index in [-0.39, 0.29) is 0 Å². The van der Waals surface area contributed by atoms with Crippen molar-refractivity contribution in [1.82, 2.24) is 5.43 Å². The SMILES string of the molecule is CCOc1cc(C(=O)N/N=C/c2cc(I)c(OCC(=O)O)c(OCC)c2)ccc1OC. The largest absolute Gasteiger partial charge is 0.493 e. The first kappa shape index (κ1) is 24.3. The molecule has 166 valence electrons. The molecule has 0 aliphatic rings. The molecule has 10 heteroatoms. The fourth-order valence-electron chi connectivity index (χ4n) is 2.52. The van der Waals surface area contributed by atoms with Gasteiger partial charge in [-0.25, -0.2) is 10.2 Å². The number of benzene rings is 2. The van der Waals surface area contributed by atoms with Crippen LogP contribution in [0.5, 0.6) is 23.0 Å². The van der Waals surface area contributed by atoms with Crippen molar-refractivity contribution in [1.29, 1.82) is 0 Å². The Morgan fingerprint density at radius 1 is 1.06 bits per heavy atom. The zero-order chi connectivity index (χ0) is 22.8. The monoisotopic (exact) mass is 542 g/mol. The van der Waals surface area contributed by atoms with Crippen LogP contribution >= 0.6 is 22.6 Å². The molecule has 2 aromatic rings. The Morgan fingerprint density at radius 2 is 1.77 bits per heavy atom. The van der Waals surface area contributed by atoms with Gasteiger partial charge in [0, 0.05) is 5.56 Å². The maximum atomic E-state index is 12.4. The quantitative estimate of drug-likeness (QED) is 0.254. The number of carbonyl (C=O) groups is 2. The van der Waals surface area contributed by atoms with E-state index in [2.05, 4.69) is 10.5 Å². The molecule has 0 fully saturated rings. The van der Waals surface area contributed by atoms with Gasteiger partial charge in [0.25, 0.3) is 5.91 Å². The van der Waals surface area contributed by atoms with E-state index in [1.54, 1.807) is 37.3 Å². The van der Waals surface area contributed by atoms with Gasteiger partial charge < -0.3 is 24.1 Å². The summed E-state index contributed by atoms with van der Waals surface area (Å²) in [4.78, 5) is 23.2. The predicted octanol–water partition coefficient (Wildman–Crippen LogP) is 3.32. The zero-order valence-electron chi connectivity index (χ0n) is 17.3. The zero-order valence-corrected chi connectivity index (χ0v) is 19.5. The van der Waals surface area contributed by atoms with Crippen LogP contribution in [0.4, 0.5) is 0 Å². The second-order valence-corrected chi connectivity index (χ2v) is 7.11. The van der Waals surface area contributed by atoms with Crippen LogP contribution in [-0.2, 0) is 4.79 Å². The highest BCUT2D eigenvalue weighted by atomic mass is 127. The number of hydrogen-bond acceptors (Lipinski definition) is 7. The van der Waals surface area contributed by atoms with Gasteiger partial charge in [-0.1, -0.05) is 0 Å². The smallest absolute Gasteiger partial charge is 0.341 e. The number of amides is 1. The van der Waals surface area contributed by atoms with Crippen molar-refractivity contribution in [2.75, 3.05) is 26.9 Å². The number of rotatable bonds is 11. The molecule has 0 heterocycles. The van der Waals surface area contributed by atoms with E-state index in [1.807, 2.05) is 29.5 Å². The molecule has 0 atom stereocenters. The molecular formula is C21H23IN2O7. The number of hydrogen-bond donors (Lipinski definition) is 2. The van der Waals surface area contributed by atoms with E-state index in [9.17, 15) is 9.59 Å². The van der Waals surface area contributed by atoms with E-state index < -0.39 is 18.5 Å². The summed E-state index contributed by atoms with van der Waals surface area (Å²) in [6.45, 7) is 3.97. The molecule has 0 saturated carbocycles. The number of hydrazone groups is 1. The van der Waals surface area contributed by atoms with Crippen LogP contribution < -0.4 is 24.4 Å². The highest BCUT2D eigenvalue weighted by Crippen LogP contribution is 2.34. The van der Waals surface area contributed by atoms with Crippen molar-refractivity contribution in [2.45, 2.75) is 13.8 Å². The first-order valence-corrected chi connectivity index (χ1v) is 10.4. The summed E-state index contributed by atoms with van der Waals surface area (Å²) in [5.41, 5.74) is 3.47. The average molecular weight is 542 g/mol. The van der Waals surface area contributed by atoms with Crippen LogP contribution in [-0.4, -0.2) is 50.1 Å². The number of ether oxygens (including phenoxy) is 4. The molecule has 0 saturated heterocycles. The number of nitrogens with zero attached hydrogens (tertiary/aromatic N) is 1. The lowest BCUT2D eigenvalue weighted by Crippen LogP contribution is -2.17. The maximum Gasteiger partial charge on any atom is 0.341 e. The normalized spacial score (nSPS) is 10.6. The minimum atomic E-state index is -1.09. The van der Waals surface area contributed by atoms with Gasteiger partial charge in [-0.3, -0.25) is 4.79 Å². The van der Waals surface area contributed by atoms with Crippen molar-refractivity contribution in [3.8, 4) is 23.0 Å². The first-order chi connectivity index (χ1) is 14.9. The van der Waals surface area contributed by atoms with E-state index in [0.29, 0.717) is 50.9 Å². The maximum absolute atomic E-state index is 12.4. The number of aliphatic carboxylic acids is 1. The Bertz CT molecular complexity index is 963. The average Bonchev–Trinajstić information content (AvgIpc) is 2.73. The van der Waals surface area contributed by atoms with Gasteiger partial charge in [0.15, 0.2) is 29.6 Å². The fourth-order valence-corrected chi connectivity index (χ4v) is 3.30. The Kier molecular flexibility index (Phi) is 9.38. The summed E-state index contributed by atoms with van der Waals surface area (Å²) < 4.78 is 22.2. The van der Waals surface area contributed by atoms with Crippen LogP contribution in [0, 0.1) is 3.57 Å². The molecule has 2 aromatic carbocycles. The van der Waals surface area contributed by atoms with Crippen molar-refractivity contribution < 1.29 is 33.6 Å². The van der Waals surface area contributed by atoms with Crippen molar-refractivity contribution >= 4 is 40.7 Å². The van der Waals surface area contributed by atoms with E-state index >= 15 is 0 Å². The van der Waals surface area contributed by atoms with Gasteiger partial charge >= 0.3 is 5.97 Å². The van der Waals surface area contributed by atoms with Crippen LogP contribution in [0.2, 0.25) is 0 Å². The third-order valence-electron chi connectivity index (χ3n) is 3.78. The van der Waals surface area contributed by atoms with Gasteiger partial charge in [0.1, 0.15) is 0 Å². The molecule has 0 unspecified atom stereocenters. The highest BCUT2D eigenvalue weighted by molar-refractivity contribution is 14.1. The van der Waals surface area contributed by atoms with Crippen molar-refractivity contribution in [3.05, 3.63) is 45.0 Å². The topological polar surface area (TPSA) is 116 Å². The number of halogens is 1. The fraction of sp³-hybridized carbons (Fsp3) is 0.286. The molecule has 31 heavy (non-hydrogen) atoms. The molecule has 9 nitrogen and oxygen atoms in total. The lowest BCUT2D eigenvalue weighted by atomic mass is 10.2. The molecular weight excluding hydrogens is 519 g/mol. The molecule has 2 rings (SSSR count). The van der Waals surface area contributed by atoms with Crippen LogP contribution in [0.3, 0.4) is 0 Å². The lowest BCUT2D eigenvalue weighted by molar-refractivity contribution is -0.139. The minimum Gasteiger partial charge on any atom is -0.493 e. The van der Waals surface area contributed by atoms with Gasteiger partial charge in [-0.15, -0.1) is 0 Å². The Morgan fingerprint density at radius 3 is 2.42 bits per heavy atom. The summed E-state index contributed by atoms with van der Waals surface area (Å²) >= 11 is 2.02. The Labute approximate surface area is 193 Å². The molecule has 0 radical (unpaired) electrons. The van der Waals surface area contributed by atoms with Crippen LogP contribution in [0.1, 0.15) is 29.8 Å². The van der Waals surface area contributed by atoms with Gasteiger partial charge in [0.05, 0.1) is 30.1 Å². The third kappa shape index (κ3) is 7.02. The molecule has 0 spiro atoms.